The highest BCUT2D eigenvalue weighted by atomic mass is 16.6. The van der Waals surface area contributed by atoms with Crippen LogP contribution in [0.1, 0.15) is 11.3 Å². The molecule has 0 saturated carbocycles. The number of aromatic nitrogens is 1. The Balaban J connectivity index is 2.03. The molecule has 2 rings (SSSR count). The first-order valence-electron chi connectivity index (χ1n) is 6.05. The molecule has 98 valence electrons. The number of nitro benzene ring substituents is 1. The fourth-order valence-corrected chi connectivity index (χ4v) is 1.82. The zero-order chi connectivity index (χ0) is 13.7. The molecule has 0 aliphatic heterocycles. The van der Waals surface area contributed by atoms with Gasteiger partial charge in [0.15, 0.2) is 0 Å². The highest BCUT2D eigenvalue weighted by Gasteiger charge is 2.12. The molecule has 1 heterocycles. The molecule has 0 radical (unpaired) electrons. The lowest BCUT2D eigenvalue weighted by Crippen LogP contribution is -2.07. The van der Waals surface area contributed by atoms with E-state index in [0.29, 0.717) is 12.2 Å². The highest BCUT2D eigenvalue weighted by Crippen LogP contribution is 2.24. The summed E-state index contributed by atoms with van der Waals surface area (Å²) in [6, 6.07) is 10.8. The van der Waals surface area contributed by atoms with Gasteiger partial charge < -0.3 is 5.32 Å². The van der Waals surface area contributed by atoms with E-state index >= 15 is 0 Å². The van der Waals surface area contributed by atoms with E-state index in [0.717, 1.165) is 17.7 Å². The monoisotopic (exact) mass is 257 g/mol. The maximum Gasteiger partial charge on any atom is 0.292 e. The topological polar surface area (TPSA) is 68.1 Å². The second-order valence-electron chi connectivity index (χ2n) is 4.28. The number of rotatable bonds is 5. The lowest BCUT2D eigenvalue weighted by molar-refractivity contribution is -0.384. The fourth-order valence-electron chi connectivity index (χ4n) is 1.82. The molecule has 1 aromatic carbocycles. The summed E-state index contributed by atoms with van der Waals surface area (Å²) in [5.41, 5.74) is 2.61. The van der Waals surface area contributed by atoms with Gasteiger partial charge in [-0.25, -0.2) is 0 Å². The van der Waals surface area contributed by atoms with Crippen LogP contribution in [-0.4, -0.2) is 16.5 Å². The van der Waals surface area contributed by atoms with Crippen LogP contribution in [0.4, 0.5) is 11.4 Å². The molecule has 5 heteroatoms. The van der Waals surface area contributed by atoms with Gasteiger partial charge in [0.25, 0.3) is 5.69 Å². The van der Waals surface area contributed by atoms with Crippen LogP contribution in [0.5, 0.6) is 0 Å². The van der Waals surface area contributed by atoms with Gasteiger partial charge in [-0.05, 0) is 30.7 Å². The van der Waals surface area contributed by atoms with Crippen LogP contribution in [0.2, 0.25) is 0 Å². The lowest BCUT2D eigenvalue weighted by Gasteiger charge is -2.07. The van der Waals surface area contributed by atoms with E-state index < -0.39 is 0 Å². The number of pyridine rings is 1. The molecule has 0 fully saturated rings. The van der Waals surface area contributed by atoms with E-state index in [2.05, 4.69) is 10.3 Å². The van der Waals surface area contributed by atoms with Gasteiger partial charge in [-0.15, -0.1) is 0 Å². The van der Waals surface area contributed by atoms with Gasteiger partial charge in [-0.3, -0.25) is 15.1 Å². The van der Waals surface area contributed by atoms with Gasteiger partial charge in [0.1, 0.15) is 5.69 Å². The number of benzene rings is 1. The SMILES string of the molecule is Cc1ccc([N+](=O)[O-])c(NCCc2ccccn2)c1. The number of nitrogens with zero attached hydrogens (tertiary/aromatic N) is 2. The zero-order valence-electron chi connectivity index (χ0n) is 10.7. The lowest BCUT2D eigenvalue weighted by atomic mass is 10.2. The molecule has 0 unspecified atom stereocenters. The van der Waals surface area contributed by atoms with E-state index in [-0.39, 0.29) is 10.6 Å². The van der Waals surface area contributed by atoms with Crippen LogP contribution < -0.4 is 5.32 Å². The van der Waals surface area contributed by atoms with E-state index in [9.17, 15) is 10.1 Å². The summed E-state index contributed by atoms with van der Waals surface area (Å²) in [5.74, 6) is 0. The van der Waals surface area contributed by atoms with Crippen molar-refractivity contribution >= 4 is 11.4 Å². The summed E-state index contributed by atoms with van der Waals surface area (Å²) < 4.78 is 0. The molecule has 2 aromatic rings. The average molecular weight is 257 g/mol. The molecule has 1 aromatic heterocycles. The molecule has 0 bridgehead atoms. The second-order valence-corrected chi connectivity index (χ2v) is 4.28. The molecule has 19 heavy (non-hydrogen) atoms. The molecule has 0 aliphatic rings. The van der Waals surface area contributed by atoms with E-state index in [1.165, 1.54) is 6.07 Å². The van der Waals surface area contributed by atoms with Crippen LogP contribution in [-0.2, 0) is 6.42 Å². The van der Waals surface area contributed by atoms with Crippen molar-refractivity contribution in [3.63, 3.8) is 0 Å². The third-order valence-corrected chi connectivity index (χ3v) is 2.77. The van der Waals surface area contributed by atoms with Gasteiger partial charge in [0.2, 0.25) is 0 Å². The van der Waals surface area contributed by atoms with Gasteiger partial charge in [0, 0.05) is 30.9 Å². The Morgan fingerprint density at radius 2 is 2.16 bits per heavy atom. The van der Waals surface area contributed by atoms with Gasteiger partial charge >= 0.3 is 0 Å². The normalized spacial score (nSPS) is 10.2. The third kappa shape index (κ3) is 3.51. The van der Waals surface area contributed by atoms with E-state index in [1.54, 1.807) is 18.3 Å². The average Bonchev–Trinajstić information content (AvgIpc) is 2.39. The molecular weight excluding hydrogens is 242 g/mol. The van der Waals surface area contributed by atoms with Crippen molar-refractivity contribution in [3.05, 3.63) is 64.0 Å². The minimum atomic E-state index is -0.372. The Morgan fingerprint density at radius 1 is 1.32 bits per heavy atom. The van der Waals surface area contributed by atoms with Crippen LogP contribution >= 0.6 is 0 Å². The minimum Gasteiger partial charge on any atom is -0.379 e. The molecular formula is C14H15N3O2. The van der Waals surface area contributed by atoms with Crippen LogP contribution in [0.25, 0.3) is 0 Å². The van der Waals surface area contributed by atoms with Crippen LogP contribution in [0, 0.1) is 17.0 Å². The van der Waals surface area contributed by atoms with E-state index in [4.69, 9.17) is 0 Å². The van der Waals surface area contributed by atoms with Crippen molar-refractivity contribution in [1.82, 2.24) is 4.98 Å². The Labute approximate surface area is 111 Å². The Kier molecular flexibility index (Phi) is 4.07. The summed E-state index contributed by atoms with van der Waals surface area (Å²) in [6.07, 6.45) is 2.47. The third-order valence-electron chi connectivity index (χ3n) is 2.77. The predicted octanol–water partition coefficient (Wildman–Crippen LogP) is 2.95. The quantitative estimate of drug-likeness (QED) is 0.660. The largest absolute Gasteiger partial charge is 0.379 e. The second kappa shape index (κ2) is 5.95. The van der Waals surface area contributed by atoms with Crippen molar-refractivity contribution in [2.24, 2.45) is 0 Å². The number of aryl methyl sites for hydroxylation is 1. The Bertz CT molecular complexity index is 570. The first-order chi connectivity index (χ1) is 9.16. The first-order valence-corrected chi connectivity index (χ1v) is 6.05. The van der Waals surface area contributed by atoms with E-state index in [1.807, 2.05) is 25.1 Å². The zero-order valence-corrected chi connectivity index (χ0v) is 10.7. The summed E-state index contributed by atoms with van der Waals surface area (Å²) in [5, 5.41) is 14.0. The van der Waals surface area contributed by atoms with Gasteiger partial charge in [-0.1, -0.05) is 12.1 Å². The molecule has 5 nitrogen and oxygen atoms in total. The van der Waals surface area contributed by atoms with Gasteiger partial charge in [0.05, 0.1) is 4.92 Å². The van der Waals surface area contributed by atoms with Crippen molar-refractivity contribution in [2.75, 3.05) is 11.9 Å². The molecule has 1 N–H and O–H groups in total. The number of nitro groups is 1. The van der Waals surface area contributed by atoms with Crippen molar-refractivity contribution in [2.45, 2.75) is 13.3 Å². The minimum absolute atomic E-state index is 0.103. The number of anilines is 1. The van der Waals surface area contributed by atoms with Crippen molar-refractivity contribution < 1.29 is 4.92 Å². The number of nitrogens with one attached hydrogen (secondary N) is 1. The Morgan fingerprint density at radius 3 is 2.84 bits per heavy atom. The molecule has 0 spiro atoms. The maximum absolute atomic E-state index is 10.9. The van der Waals surface area contributed by atoms with Gasteiger partial charge in [-0.2, -0.15) is 0 Å². The highest BCUT2D eigenvalue weighted by molar-refractivity contribution is 5.62. The fraction of sp³-hybridized carbons (Fsp3) is 0.214. The summed E-state index contributed by atoms with van der Waals surface area (Å²) in [6.45, 7) is 2.52. The van der Waals surface area contributed by atoms with Crippen molar-refractivity contribution in [3.8, 4) is 0 Å². The summed E-state index contributed by atoms with van der Waals surface area (Å²) >= 11 is 0. The standard InChI is InChI=1S/C14H15N3O2/c1-11-5-6-14(17(18)19)13(10-11)16-9-7-12-4-2-3-8-15-12/h2-6,8,10,16H,7,9H2,1H3. The van der Waals surface area contributed by atoms with Crippen molar-refractivity contribution in [1.29, 1.82) is 0 Å². The first kappa shape index (κ1) is 13.0. The molecule has 0 saturated heterocycles. The summed E-state index contributed by atoms with van der Waals surface area (Å²) in [4.78, 5) is 14.8. The molecule has 0 aliphatic carbocycles. The summed E-state index contributed by atoms with van der Waals surface area (Å²) in [7, 11) is 0. The Hall–Kier alpha value is -2.43. The number of hydrogen-bond donors (Lipinski definition) is 1. The smallest absolute Gasteiger partial charge is 0.292 e. The van der Waals surface area contributed by atoms with Crippen LogP contribution in [0.3, 0.4) is 0 Å². The predicted molar refractivity (Wildman–Crippen MR) is 74.3 cm³/mol. The molecule has 0 amide bonds. The van der Waals surface area contributed by atoms with Crippen LogP contribution in [0.15, 0.2) is 42.6 Å². The maximum atomic E-state index is 10.9. The number of hydrogen-bond acceptors (Lipinski definition) is 4. The molecule has 0 atom stereocenters.